The maximum atomic E-state index is 5.56. The first-order valence-corrected chi connectivity index (χ1v) is 3.95. The van der Waals surface area contributed by atoms with E-state index in [9.17, 15) is 0 Å². The van der Waals surface area contributed by atoms with Gasteiger partial charge in [-0.05, 0) is 19.1 Å². The minimum absolute atomic E-state index is 0.549. The van der Waals surface area contributed by atoms with Crippen LogP contribution in [0.2, 0.25) is 0 Å². The van der Waals surface area contributed by atoms with Crippen LogP contribution in [0.4, 0.5) is 0 Å². The van der Waals surface area contributed by atoms with Gasteiger partial charge in [-0.15, -0.1) is 0 Å². The molecule has 3 nitrogen and oxygen atoms in total. The number of hydrogen-bond acceptors (Lipinski definition) is 2. The van der Waals surface area contributed by atoms with Crippen molar-refractivity contribution in [1.29, 1.82) is 0 Å². The zero-order chi connectivity index (χ0) is 8.55. The number of hydrogen-bond donors (Lipinski definition) is 1. The zero-order valence-electron chi connectivity index (χ0n) is 6.99. The molecule has 0 fully saturated rings. The van der Waals surface area contributed by atoms with Gasteiger partial charge in [0, 0.05) is 17.8 Å². The molecule has 2 N–H and O–H groups in total. The lowest BCUT2D eigenvalue weighted by atomic mass is 10.2. The Morgan fingerprint density at radius 3 is 3.08 bits per heavy atom. The van der Waals surface area contributed by atoms with Crippen LogP contribution >= 0.6 is 0 Å². The van der Waals surface area contributed by atoms with Gasteiger partial charge in [-0.1, -0.05) is 6.07 Å². The molecule has 0 bridgehead atoms. The molecular formula is C9H11N3. The van der Waals surface area contributed by atoms with Gasteiger partial charge in [-0.25, -0.2) is 4.52 Å². The molecule has 0 saturated carbocycles. The zero-order valence-corrected chi connectivity index (χ0v) is 6.99. The number of nitrogens with zero attached hydrogens (tertiary/aromatic N) is 2. The minimum Gasteiger partial charge on any atom is -0.326 e. The molecule has 0 amide bonds. The molecule has 0 aromatic carbocycles. The Bertz CT molecular complexity index is 403. The van der Waals surface area contributed by atoms with Crippen LogP contribution < -0.4 is 5.73 Å². The van der Waals surface area contributed by atoms with Crippen molar-refractivity contribution in [3.63, 3.8) is 0 Å². The van der Waals surface area contributed by atoms with E-state index >= 15 is 0 Å². The van der Waals surface area contributed by atoms with Gasteiger partial charge in [-0.3, -0.25) is 0 Å². The second-order valence-corrected chi connectivity index (χ2v) is 2.84. The molecule has 2 aromatic heterocycles. The third-order valence-corrected chi connectivity index (χ3v) is 2.03. The molecule has 62 valence electrons. The van der Waals surface area contributed by atoms with Crippen molar-refractivity contribution in [3.05, 3.63) is 35.7 Å². The SMILES string of the molecule is Cc1cccc2c(CN)cnn12. The molecule has 0 saturated heterocycles. The molecule has 0 radical (unpaired) electrons. The predicted molar refractivity (Wildman–Crippen MR) is 47.8 cm³/mol. The van der Waals surface area contributed by atoms with E-state index in [1.165, 1.54) is 0 Å². The normalized spacial score (nSPS) is 10.8. The summed E-state index contributed by atoms with van der Waals surface area (Å²) in [5.41, 5.74) is 8.89. The van der Waals surface area contributed by atoms with Gasteiger partial charge in [-0.2, -0.15) is 5.10 Å². The van der Waals surface area contributed by atoms with Crippen LogP contribution in [0.1, 0.15) is 11.3 Å². The molecule has 2 rings (SSSR count). The number of rotatable bonds is 1. The molecule has 0 spiro atoms. The summed E-state index contributed by atoms with van der Waals surface area (Å²) in [5, 5.41) is 4.23. The topological polar surface area (TPSA) is 43.3 Å². The van der Waals surface area contributed by atoms with Crippen molar-refractivity contribution in [1.82, 2.24) is 9.61 Å². The molecule has 0 aliphatic rings. The van der Waals surface area contributed by atoms with Crippen molar-refractivity contribution in [3.8, 4) is 0 Å². The number of aromatic nitrogens is 2. The van der Waals surface area contributed by atoms with Crippen LogP contribution in [-0.4, -0.2) is 9.61 Å². The summed E-state index contributed by atoms with van der Waals surface area (Å²) < 4.78 is 1.90. The molecule has 0 unspecified atom stereocenters. The standard InChI is InChI=1S/C9H11N3/c1-7-3-2-4-9-8(5-10)6-11-12(7)9/h2-4,6H,5,10H2,1H3. The summed E-state index contributed by atoms with van der Waals surface area (Å²) in [6.45, 7) is 2.58. The highest BCUT2D eigenvalue weighted by Crippen LogP contribution is 2.10. The fourth-order valence-corrected chi connectivity index (χ4v) is 1.36. The van der Waals surface area contributed by atoms with E-state index in [-0.39, 0.29) is 0 Å². The van der Waals surface area contributed by atoms with Gasteiger partial charge in [0.1, 0.15) is 0 Å². The Morgan fingerprint density at radius 2 is 2.33 bits per heavy atom. The van der Waals surface area contributed by atoms with Gasteiger partial charge in [0.2, 0.25) is 0 Å². The average Bonchev–Trinajstić information content (AvgIpc) is 2.49. The number of fused-ring (bicyclic) bond motifs is 1. The van der Waals surface area contributed by atoms with E-state index in [2.05, 4.69) is 5.10 Å². The summed E-state index contributed by atoms with van der Waals surface area (Å²) in [5.74, 6) is 0. The van der Waals surface area contributed by atoms with Gasteiger partial charge in [0.25, 0.3) is 0 Å². The van der Waals surface area contributed by atoms with Crippen molar-refractivity contribution < 1.29 is 0 Å². The van der Waals surface area contributed by atoms with E-state index < -0.39 is 0 Å². The second-order valence-electron chi connectivity index (χ2n) is 2.84. The molecular weight excluding hydrogens is 150 g/mol. The highest BCUT2D eigenvalue weighted by molar-refractivity contribution is 5.54. The Morgan fingerprint density at radius 1 is 1.50 bits per heavy atom. The van der Waals surface area contributed by atoms with E-state index in [1.807, 2.05) is 35.8 Å². The fraction of sp³-hybridized carbons (Fsp3) is 0.222. The summed E-state index contributed by atoms with van der Waals surface area (Å²) in [7, 11) is 0. The van der Waals surface area contributed by atoms with Crippen molar-refractivity contribution >= 4 is 5.52 Å². The maximum Gasteiger partial charge on any atom is 0.0709 e. The highest BCUT2D eigenvalue weighted by Gasteiger charge is 2.01. The van der Waals surface area contributed by atoms with Gasteiger partial charge < -0.3 is 5.73 Å². The third-order valence-electron chi connectivity index (χ3n) is 2.03. The quantitative estimate of drug-likeness (QED) is 0.680. The number of nitrogens with two attached hydrogens (primary N) is 1. The molecule has 0 aliphatic heterocycles. The van der Waals surface area contributed by atoms with Gasteiger partial charge >= 0.3 is 0 Å². The minimum atomic E-state index is 0.549. The first-order valence-electron chi connectivity index (χ1n) is 3.95. The summed E-state index contributed by atoms with van der Waals surface area (Å²) in [6, 6.07) is 6.08. The number of aryl methyl sites for hydroxylation is 1. The average molecular weight is 161 g/mol. The lowest BCUT2D eigenvalue weighted by Gasteiger charge is -1.98. The van der Waals surface area contributed by atoms with Crippen molar-refractivity contribution in [2.45, 2.75) is 13.5 Å². The molecule has 0 atom stereocenters. The molecule has 0 aliphatic carbocycles. The Balaban J connectivity index is 2.80. The van der Waals surface area contributed by atoms with Crippen LogP contribution in [0.3, 0.4) is 0 Å². The fourth-order valence-electron chi connectivity index (χ4n) is 1.36. The van der Waals surface area contributed by atoms with Crippen LogP contribution in [0, 0.1) is 6.92 Å². The first-order chi connectivity index (χ1) is 5.83. The smallest absolute Gasteiger partial charge is 0.0709 e. The van der Waals surface area contributed by atoms with Gasteiger partial charge in [0.05, 0.1) is 11.7 Å². The number of pyridine rings is 1. The molecule has 3 heteroatoms. The summed E-state index contributed by atoms with van der Waals surface area (Å²) in [4.78, 5) is 0. The van der Waals surface area contributed by atoms with Crippen LogP contribution in [0.5, 0.6) is 0 Å². The van der Waals surface area contributed by atoms with Crippen molar-refractivity contribution in [2.24, 2.45) is 5.73 Å². The predicted octanol–water partition coefficient (Wildman–Crippen LogP) is 1.10. The highest BCUT2D eigenvalue weighted by atomic mass is 15.2. The largest absolute Gasteiger partial charge is 0.326 e. The van der Waals surface area contributed by atoms with Crippen molar-refractivity contribution in [2.75, 3.05) is 0 Å². The van der Waals surface area contributed by atoms with E-state index in [1.54, 1.807) is 0 Å². The first kappa shape index (κ1) is 7.31. The summed E-state index contributed by atoms with van der Waals surface area (Å²) >= 11 is 0. The Hall–Kier alpha value is -1.35. The van der Waals surface area contributed by atoms with Gasteiger partial charge in [0.15, 0.2) is 0 Å². The maximum absolute atomic E-state index is 5.56. The Labute approximate surface area is 70.8 Å². The monoisotopic (exact) mass is 161 g/mol. The molecule has 2 aromatic rings. The van der Waals surface area contributed by atoms with E-state index in [4.69, 9.17) is 5.73 Å². The Kier molecular flexibility index (Phi) is 1.59. The van der Waals surface area contributed by atoms with Crippen LogP contribution in [0.15, 0.2) is 24.4 Å². The molecule has 12 heavy (non-hydrogen) atoms. The third kappa shape index (κ3) is 0.905. The van der Waals surface area contributed by atoms with Crippen LogP contribution in [0.25, 0.3) is 5.52 Å². The van der Waals surface area contributed by atoms with E-state index in [0.29, 0.717) is 6.54 Å². The lowest BCUT2D eigenvalue weighted by molar-refractivity contribution is 0.915. The lowest BCUT2D eigenvalue weighted by Crippen LogP contribution is -1.96. The second kappa shape index (κ2) is 2.60. The van der Waals surface area contributed by atoms with E-state index in [0.717, 1.165) is 16.8 Å². The van der Waals surface area contributed by atoms with Crippen LogP contribution in [-0.2, 0) is 6.54 Å². The molecule has 2 heterocycles. The summed E-state index contributed by atoms with van der Waals surface area (Å²) in [6.07, 6.45) is 1.82.